The van der Waals surface area contributed by atoms with E-state index in [4.69, 9.17) is 0 Å². The fourth-order valence-electron chi connectivity index (χ4n) is 3.76. The largest absolute Gasteiger partial charge is 0.334 e. The predicted molar refractivity (Wildman–Crippen MR) is 115 cm³/mol. The molecule has 1 aromatic carbocycles. The number of nitrogens with zero attached hydrogens (tertiary/aromatic N) is 4. The molecular formula is C22H25N5OS. The molecule has 3 heterocycles. The molecule has 0 saturated carbocycles. The lowest BCUT2D eigenvalue weighted by molar-refractivity contribution is -0.132. The molecule has 2 aromatic heterocycles. The summed E-state index contributed by atoms with van der Waals surface area (Å²) in [4.78, 5) is 29.6. The number of nitrogens with one attached hydrogen (secondary N) is 1. The maximum atomic E-state index is 12.9. The van der Waals surface area contributed by atoms with Gasteiger partial charge >= 0.3 is 0 Å². The van der Waals surface area contributed by atoms with Gasteiger partial charge < -0.3 is 10.2 Å². The molecule has 1 saturated heterocycles. The average Bonchev–Trinajstić information content (AvgIpc) is 3.36. The van der Waals surface area contributed by atoms with Gasteiger partial charge in [0.15, 0.2) is 5.13 Å². The predicted octanol–water partition coefficient (Wildman–Crippen LogP) is 4.59. The first-order valence-electron chi connectivity index (χ1n) is 9.97. The molecular weight excluding hydrogens is 382 g/mol. The van der Waals surface area contributed by atoms with Crippen LogP contribution in [0.5, 0.6) is 0 Å². The minimum atomic E-state index is 0.0126. The van der Waals surface area contributed by atoms with E-state index in [1.165, 1.54) is 5.56 Å². The molecule has 0 radical (unpaired) electrons. The van der Waals surface area contributed by atoms with Crippen LogP contribution in [0.15, 0.2) is 42.6 Å². The normalized spacial score (nSPS) is 16.2. The summed E-state index contributed by atoms with van der Waals surface area (Å²) in [5, 5.41) is 4.09. The highest BCUT2D eigenvalue weighted by molar-refractivity contribution is 7.15. The smallest absolute Gasteiger partial charge is 0.223 e. The molecule has 0 spiro atoms. The molecule has 6 nitrogen and oxygen atoms in total. The van der Waals surface area contributed by atoms with Crippen molar-refractivity contribution in [3.8, 4) is 0 Å². The van der Waals surface area contributed by atoms with E-state index in [0.29, 0.717) is 12.2 Å². The highest BCUT2D eigenvalue weighted by Gasteiger charge is 2.31. The monoisotopic (exact) mass is 407 g/mol. The Morgan fingerprint density at radius 2 is 2.07 bits per heavy atom. The quantitative estimate of drug-likeness (QED) is 0.647. The van der Waals surface area contributed by atoms with Gasteiger partial charge in [-0.2, -0.15) is 0 Å². The number of carbonyl (C=O) groups excluding carboxylic acids is 1. The third-order valence-electron chi connectivity index (χ3n) is 5.10. The Morgan fingerprint density at radius 1 is 1.24 bits per heavy atom. The molecule has 1 aliphatic rings. The van der Waals surface area contributed by atoms with Gasteiger partial charge in [-0.15, -0.1) is 11.3 Å². The highest BCUT2D eigenvalue weighted by Crippen LogP contribution is 2.33. The zero-order valence-electron chi connectivity index (χ0n) is 16.8. The van der Waals surface area contributed by atoms with Crippen molar-refractivity contribution in [3.05, 3.63) is 64.6 Å². The fraction of sp³-hybridized carbons (Fsp3) is 0.364. The van der Waals surface area contributed by atoms with E-state index in [0.717, 1.165) is 47.3 Å². The number of benzene rings is 1. The Hall–Kier alpha value is -2.80. The standard InChI is InChI=1S/C22H25N5OS/c1-15-14-23-22(29-15)26-20-13-18(24-16(2)25-20)19-9-6-12-27(19)21(28)11-10-17-7-4-3-5-8-17/h3-5,7-8,13-14,19H,6,9-12H2,1-2H3,(H,23,24,25,26). The van der Waals surface area contributed by atoms with E-state index < -0.39 is 0 Å². The van der Waals surface area contributed by atoms with Crippen LogP contribution in [-0.4, -0.2) is 32.3 Å². The van der Waals surface area contributed by atoms with E-state index in [9.17, 15) is 4.79 Å². The van der Waals surface area contributed by atoms with Crippen LogP contribution in [0.2, 0.25) is 0 Å². The molecule has 1 fully saturated rings. The number of anilines is 2. The molecule has 29 heavy (non-hydrogen) atoms. The van der Waals surface area contributed by atoms with Gasteiger partial charge in [-0.05, 0) is 38.7 Å². The molecule has 1 N–H and O–H groups in total. The minimum Gasteiger partial charge on any atom is -0.334 e. The van der Waals surface area contributed by atoms with E-state index >= 15 is 0 Å². The topological polar surface area (TPSA) is 71.0 Å². The van der Waals surface area contributed by atoms with Crippen molar-refractivity contribution in [1.29, 1.82) is 0 Å². The molecule has 1 amide bonds. The van der Waals surface area contributed by atoms with Gasteiger partial charge in [0, 0.05) is 30.1 Å². The third kappa shape index (κ3) is 4.79. The van der Waals surface area contributed by atoms with E-state index in [2.05, 4.69) is 32.4 Å². The molecule has 3 aromatic rings. The number of rotatable bonds is 6. The zero-order valence-corrected chi connectivity index (χ0v) is 17.6. The zero-order chi connectivity index (χ0) is 20.2. The van der Waals surface area contributed by atoms with Crippen LogP contribution in [-0.2, 0) is 11.2 Å². The Bertz CT molecular complexity index is 988. The van der Waals surface area contributed by atoms with Gasteiger partial charge in [-0.1, -0.05) is 30.3 Å². The van der Waals surface area contributed by atoms with Crippen LogP contribution < -0.4 is 5.32 Å². The maximum absolute atomic E-state index is 12.9. The van der Waals surface area contributed by atoms with Gasteiger partial charge in [0.25, 0.3) is 0 Å². The van der Waals surface area contributed by atoms with Crippen molar-refractivity contribution in [2.24, 2.45) is 0 Å². The fourth-order valence-corrected chi connectivity index (χ4v) is 4.43. The number of amides is 1. The second-order valence-electron chi connectivity index (χ2n) is 7.36. The van der Waals surface area contributed by atoms with Crippen LogP contribution in [0, 0.1) is 13.8 Å². The molecule has 0 bridgehead atoms. The summed E-state index contributed by atoms with van der Waals surface area (Å²) in [6.45, 7) is 4.70. The number of aromatic nitrogens is 3. The molecule has 1 aliphatic heterocycles. The van der Waals surface area contributed by atoms with Crippen molar-refractivity contribution in [2.75, 3.05) is 11.9 Å². The first-order valence-corrected chi connectivity index (χ1v) is 10.8. The van der Waals surface area contributed by atoms with Gasteiger partial charge in [0.1, 0.15) is 11.6 Å². The lowest BCUT2D eigenvalue weighted by Gasteiger charge is -2.25. The van der Waals surface area contributed by atoms with Crippen molar-refractivity contribution < 1.29 is 4.79 Å². The molecule has 7 heteroatoms. The summed E-state index contributed by atoms with van der Waals surface area (Å²) in [6, 6.07) is 12.1. The van der Waals surface area contributed by atoms with Gasteiger partial charge in [0.05, 0.1) is 11.7 Å². The molecule has 1 atom stereocenters. The Morgan fingerprint density at radius 3 is 2.83 bits per heavy atom. The van der Waals surface area contributed by atoms with Crippen LogP contribution >= 0.6 is 11.3 Å². The van der Waals surface area contributed by atoms with Gasteiger partial charge in [-0.3, -0.25) is 4.79 Å². The van der Waals surface area contributed by atoms with Crippen LogP contribution in [0.3, 0.4) is 0 Å². The van der Waals surface area contributed by atoms with Gasteiger partial charge in [-0.25, -0.2) is 15.0 Å². The summed E-state index contributed by atoms with van der Waals surface area (Å²) in [7, 11) is 0. The number of thiazole rings is 1. The summed E-state index contributed by atoms with van der Waals surface area (Å²) >= 11 is 1.59. The van der Waals surface area contributed by atoms with Crippen LogP contribution in [0.1, 0.15) is 47.3 Å². The van der Waals surface area contributed by atoms with Crippen LogP contribution in [0.4, 0.5) is 10.9 Å². The van der Waals surface area contributed by atoms with Crippen molar-refractivity contribution in [3.63, 3.8) is 0 Å². The second kappa shape index (κ2) is 8.69. The molecule has 4 rings (SSSR count). The summed E-state index contributed by atoms with van der Waals surface area (Å²) in [6.07, 6.45) is 5.06. The Kier molecular flexibility index (Phi) is 5.85. The molecule has 1 unspecified atom stereocenters. The van der Waals surface area contributed by atoms with Crippen LogP contribution in [0.25, 0.3) is 0 Å². The van der Waals surface area contributed by atoms with E-state index in [-0.39, 0.29) is 11.9 Å². The summed E-state index contributed by atoms with van der Waals surface area (Å²) in [5.41, 5.74) is 2.10. The third-order valence-corrected chi connectivity index (χ3v) is 5.93. The Labute approximate surface area is 175 Å². The lowest BCUT2D eigenvalue weighted by atomic mass is 10.1. The maximum Gasteiger partial charge on any atom is 0.223 e. The first-order chi connectivity index (χ1) is 14.1. The van der Waals surface area contributed by atoms with Crippen molar-refractivity contribution in [1.82, 2.24) is 19.9 Å². The van der Waals surface area contributed by atoms with Gasteiger partial charge in [0.2, 0.25) is 5.91 Å². The van der Waals surface area contributed by atoms with Crippen molar-refractivity contribution in [2.45, 2.75) is 45.6 Å². The number of hydrogen-bond donors (Lipinski definition) is 1. The highest BCUT2D eigenvalue weighted by atomic mass is 32.1. The number of aryl methyl sites for hydroxylation is 3. The SMILES string of the molecule is Cc1nc(Nc2ncc(C)s2)cc(C2CCCN2C(=O)CCc2ccccc2)n1. The van der Waals surface area contributed by atoms with E-state index in [1.54, 1.807) is 11.3 Å². The minimum absolute atomic E-state index is 0.0126. The Balaban J connectivity index is 1.48. The summed E-state index contributed by atoms with van der Waals surface area (Å²) < 4.78 is 0. The average molecular weight is 408 g/mol. The number of hydrogen-bond acceptors (Lipinski definition) is 6. The number of likely N-dealkylation sites (tertiary alicyclic amines) is 1. The number of carbonyl (C=O) groups is 1. The summed E-state index contributed by atoms with van der Waals surface area (Å²) in [5.74, 6) is 1.62. The second-order valence-corrected chi connectivity index (χ2v) is 8.59. The molecule has 150 valence electrons. The first kappa shape index (κ1) is 19.5. The van der Waals surface area contributed by atoms with E-state index in [1.807, 2.05) is 49.2 Å². The lowest BCUT2D eigenvalue weighted by Crippen LogP contribution is -2.31. The molecule has 0 aliphatic carbocycles. The van der Waals surface area contributed by atoms with Crippen molar-refractivity contribution >= 4 is 28.2 Å².